The highest BCUT2D eigenvalue weighted by molar-refractivity contribution is 8.01. The lowest BCUT2D eigenvalue weighted by molar-refractivity contribution is 1.91. The van der Waals surface area contributed by atoms with Gasteiger partial charge in [0.15, 0.2) is 0 Å². The van der Waals surface area contributed by atoms with E-state index in [0.717, 1.165) is 0 Å². The molecule has 0 N–H and O–H groups in total. The molecule has 0 amide bonds. The Hall–Kier alpha value is -0.350. The van der Waals surface area contributed by atoms with Crippen LogP contribution in [-0.4, -0.2) is 6.26 Å². The van der Waals surface area contributed by atoms with Crippen molar-refractivity contribution in [3.05, 3.63) is 11.5 Å². The molecule has 0 rings (SSSR count). The van der Waals surface area contributed by atoms with Crippen molar-refractivity contribution in [3.63, 3.8) is 0 Å². The fourth-order valence-corrected chi connectivity index (χ4v) is 0.390. The minimum Gasteiger partial charge on any atom is -0.137 e. The van der Waals surface area contributed by atoms with Gasteiger partial charge >= 0.3 is 0 Å². The van der Waals surface area contributed by atoms with Gasteiger partial charge in [-0.3, -0.25) is 0 Å². The van der Waals surface area contributed by atoms with Gasteiger partial charge in [0.05, 0.1) is 0 Å². The van der Waals surface area contributed by atoms with Gasteiger partial charge in [0.2, 0.25) is 0 Å². The summed E-state index contributed by atoms with van der Waals surface area (Å²) in [5.74, 6) is 5.55. The predicted molar refractivity (Wildman–Crippen MR) is 36.1 cm³/mol. The summed E-state index contributed by atoms with van der Waals surface area (Å²) in [5, 5.41) is 1.95. The van der Waals surface area contributed by atoms with Gasteiger partial charge < -0.3 is 0 Å². The van der Waals surface area contributed by atoms with E-state index < -0.39 is 0 Å². The standard InChI is InChI=1S/C6H8S/c1-3-4-5-6-7-2/h5-6H,1-2H3. The van der Waals surface area contributed by atoms with Crippen LogP contribution in [0.3, 0.4) is 0 Å². The van der Waals surface area contributed by atoms with Crippen molar-refractivity contribution in [1.29, 1.82) is 0 Å². The Labute approximate surface area is 49.0 Å². The van der Waals surface area contributed by atoms with Gasteiger partial charge in [0.25, 0.3) is 0 Å². The molecule has 0 aromatic rings. The third-order valence-corrected chi connectivity index (χ3v) is 0.840. The highest BCUT2D eigenvalue weighted by Gasteiger charge is 1.56. The molecule has 0 radical (unpaired) electrons. The number of hydrogen-bond donors (Lipinski definition) is 0. The Balaban J connectivity index is 3.21. The number of allylic oxidation sites excluding steroid dienone is 1. The smallest absolute Gasteiger partial charge is 0.00235 e. The fraction of sp³-hybridized carbons (Fsp3) is 0.333. The summed E-state index contributed by atoms with van der Waals surface area (Å²) in [6.07, 6.45) is 3.85. The normalized spacial score (nSPS) is 8.29. The van der Waals surface area contributed by atoms with Crippen LogP contribution in [0.1, 0.15) is 6.92 Å². The van der Waals surface area contributed by atoms with E-state index in [1.54, 1.807) is 11.8 Å². The lowest BCUT2D eigenvalue weighted by atomic mass is 10.6. The lowest BCUT2D eigenvalue weighted by Crippen LogP contribution is -1.44. The molecule has 0 heterocycles. The molecule has 0 spiro atoms. The maximum absolute atomic E-state index is 2.80. The lowest BCUT2D eigenvalue weighted by Gasteiger charge is -1.67. The molecule has 0 bridgehead atoms. The Morgan fingerprint density at radius 1 is 1.57 bits per heavy atom. The van der Waals surface area contributed by atoms with Crippen molar-refractivity contribution in [2.45, 2.75) is 6.92 Å². The topological polar surface area (TPSA) is 0 Å². The first-order valence-electron chi connectivity index (χ1n) is 2.02. The molecular weight excluding hydrogens is 104 g/mol. The molecule has 0 aliphatic carbocycles. The van der Waals surface area contributed by atoms with Crippen LogP contribution >= 0.6 is 11.8 Å². The third kappa shape index (κ3) is 5.65. The van der Waals surface area contributed by atoms with Gasteiger partial charge in [-0.2, -0.15) is 0 Å². The summed E-state index contributed by atoms with van der Waals surface area (Å²) in [7, 11) is 0. The Morgan fingerprint density at radius 3 is 2.71 bits per heavy atom. The summed E-state index contributed by atoms with van der Waals surface area (Å²) in [6, 6.07) is 0. The molecule has 0 aromatic heterocycles. The zero-order chi connectivity index (χ0) is 5.54. The van der Waals surface area contributed by atoms with E-state index in [-0.39, 0.29) is 0 Å². The van der Waals surface area contributed by atoms with Crippen molar-refractivity contribution in [2.75, 3.05) is 6.26 Å². The van der Waals surface area contributed by atoms with Crippen LogP contribution in [0.5, 0.6) is 0 Å². The first-order chi connectivity index (χ1) is 3.41. The van der Waals surface area contributed by atoms with Crippen LogP contribution in [0.15, 0.2) is 11.5 Å². The molecule has 0 saturated carbocycles. The van der Waals surface area contributed by atoms with E-state index in [0.29, 0.717) is 0 Å². The third-order valence-electron chi connectivity index (χ3n) is 0.432. The summed E-state index contributed by atoms with van der Waals surface area (Å²) in [5.41, 5.74) is 0. The molecule has 0 atom stereocenters. The van der Waals surface area contributed by atoms with Gasteiger partial charge in [-0.1, -0.05) is 5.92 Å². The molecule has 0 aromatic carbocycles. The quantitative estimate of drug-likeness (QED) is 0.467. The minimum absolute atomic E-state index is 1.66. The number of thioether (sulfide) groups is 1. The SMILES string of the molecule is CC#CC=CSC. The zero-order valence-corrected chi connectivity index (χ0v) is 5.38. The molecule has 38 valence electrons. The monoisotopic (exact) mass is 112 g/mol. The zero-order valence-electron chi connectivity index (χ0n) is 4.56. The molecule has 0 aliphatic heterocycles. The molecule has 0 saturated heterocycles. The maximum Gasteiger partial charge on any atom is -0.00235 e. The van der Waals surface area contributed by atoms with Crippen LogP contribution in [0.4, 0.5) is 0 Å². The van der Waals surface area contributed by atoms with Crippen LogP contribution in [0.25, 0.3) is 0 Å². The van der Waals surface area contributed by atoms with Crippen LogP contribution in [-0.2, 0) is 0 Å². The van der Waals surface area contributed by atoms with E-state index in [9.17, 15) is 0 Å². The van der Waals surface area contributed by atoms with E-state index in [2.05, 4.69) is 11.8 Å². The Morgan fingerprint density at radius 2 is 2.29 bits per heavy atom. The highest BCUT2D eigenvalue weighted by atomic mass is 32.2. The second kappa shape index (κ2) is 5.65. The molecule has 0 aliphatic rings. The summed E-state index contributed by atoms with van der Waals surface area (Å²) >= 11 is 1.66. The Kier molecular flexibility index (Phi) is 5.37. The fourth-order valence-electron chi connectivity index (χ4n) is 0.185. The summed E-state index contributed by atoms with van der Waals surface area (Å²) < 4.78 is 0. The Bertz CT molecular complexity index is 103. The summed E-state index contributed by atoms with van der Waals surface area (Å²) in [6.45, 7) is 1.82. The molecule has 7 heavy (non-hydrogen) atoms. The van der Waals surface area contributed by atoms with E-state index in [1.807, 2.05) is 24.7 Å². The van der Waals surface area contributed by atoms with Crippen molar-refractivity contribution in [1.82, 2.24) is 0 Å². The first-order valence-corrected chi connectivity index (χ1v) is 3.30. The van der Waals surface area contributed by atoms with Crippen LogP contribution in [0.2, 0.25) is 0 Å². The second-order valence-electron chi connectivity index (χ2n) is 0.933. The molecule has 0 nitrogen and oxygen atoms in total. The molecule has 0 unspecified atom stereocenters. The molecular formula is C6H8S. The van der Waals surface area contributed by atoms with E-state index >= 15 is 0 Å². The number of hydrogen-bond acceptors (Lipinski definition) is 1. The largest absolute Gasteiger partial charge is 0.137 e. The van der Waals surface area contributed by atoms with Gasteiger partial charge in [-0.25, -0.2) is 0 Å². The molecule has 1 heteroatoms. The minimum atomic E-state index is 1.66. The van der Waals surface area contributed by atoms with Gasteiger partial charge in [0.1, 0.15) is 0 Å². The van der Waals surface area contributed by atoms with Crippen molar-refractivity contribution in [2.24, 2.45) is 0 Å². The van der Waals surface area contributed by atoms with Gasteiger partial charge in [0, 0.05) is 0 Å². The van der Waals surface area contributed by atoms with Crippen LogP contribution in [0, 0.1) is 11.8 Å². The second-order valence-corrected chi connectivity index (χ2v) is 1.68. The number of rotatable bonds is 1. The van der Waals surface area contributed by atoms with E-state index in [1.165, 1.54) is 0 Å². The maximum atomic E-state index is 2.80. The first kappa shape index (κ1) is 6.65. The highest BCUT2D eigenvalue weighted by Crippen LogP contribution is 1.90. The van der Waals surface area contributed by atoms with Crippen molar-refractivity contribution >= 4 is 11.8 Å². The molecule has 0 fully saturated rings. The van der Waals surface area contributed by atoms with Crippen molar-refractivity contribution in [3.8, 4) is 11.8 Å². The van der Waals surface area contributed by atoms with Gasteiger partial charge in [-0.15, -0.1) is 17.7 Å². The predicted octanol–water partition coefficient (Wildman–Crippen LogP) is 1.89. The van der Waals surface area contributed by atoms with Crippen molar-refractivity contribution < 1.29 is 0 Å². The average molecular weight is 112 g/mol. The van der Waals surface area contributed by atoms with Gasteiger partial charge in [-0.05, 0) is 24.7 Å². The van der Waals surface area contributed by atoms with Crippen LogP contribution < -0.4 is 0 Å². The average Bonchev–Trinajstić information content (AvgIpc) is 1.69. The summed E-state index contributed by atoms with van der Waals surface area (Å²) in [4.78, 5) is 0. The van der Waals surface area contributed by atoms with E-state index in [4.69, 9.17) is 0 Å².